The number of aryl methyl sites for hydroxylation is 1. The fourth-order valence-corrected chi connectivity index (χ4v) is 1.34. The second-order valence-electron chi connectivity index (χ2n) is 3.38. The summed E-state index contributed by atoms with van der Waals surface area (Å²) in [5, 5.41) is 6.62. The van der Waals surface area contributed by atoms with E-state index in [1.807, 2.05) is 19.1 Å². The molecule has 82 valence electrons. The number of nitrogens with one attached hydrogen (secondary N) is 1. The van der Waals surface area contributed by atoms with Crippen molar-refractivity contribution in [1.82, 2.24) is 15.2 Å². The van der Waals surface area contributed by atoms with Gasteiger partial charge in [-0.25, -0.2) is 4.79 Å². The third-order valence-electron chi connectivity index (χ3n) is 2.16. The summed E-state index contributed by atoms with van der Waals surface area (Å²) >= 11 is 0. The van der Waals surface area contributed by atoms with Gasteiger partial charge in [-0.1, -0.05) is 0 Å². The maximum atomic E-state index is 11.2. The minimum Gasteiger partial charge on any atom is -0.464 e. The van der Waals surface area contributed by atoms with Gasteiger partial charge in [0.2, 0.25) is 0 Å². The first-order valence-corrected chi connectivity index (χ1v) is 4.77. The van der Waals surface area contributed by atoms with Gasteiger partial charge in [-0.05, 0) is 24.6 Å². The number of carbonyl (C=O) groups is 1. The molecule has 0 aromatic carbocycles. The minimum atomic E-state index is -0.439. The average Bonchev–Trinajstić information content (AvgIpc) is 2.77. The molecule has 5 heteroatoms. The standard InChI is InChI=1S/C11H11N3O2/c1-7-3-4-12-8(5-7)9-6-10(14-13-9)11(15)16-2/h3-6H,1-2H3,(H,13,14). The van der Waals surface area contributed by atoms with Crippen molar-refractivity contribution in [3.05, 3.63) is 35.7 Å². The molecule has 0 bridgehead atoms. The number of pyridine rings is 1. The Morgan fingerprint density at radius 2 is 2.19 bits per heavy atom. The molecule has 2 rings (SSSR count). The minimum absolute atomic E-state index is 0.320. The van der Waals surface area contributed by atoms with Gasteiger partial charge >= 0.3 is 5.97 Å². The van der Waals surface area contributed by atoms with Crippen molar-refractivity contribution in [2.24, 2.45) is 0 Å². The van der Waals surface area contributed by atoms with Crippen LogP contribution in [0.3, 0.4) is 0 Å². The van der Waals surface area contributed by atoms with Crippen LogP contribution in [0.5, 0.6) is 0 Å². The number of aromatic nitrogens is 3. The number of methoxy groups -OCH3 is 1. The van der Waals surface area contributed by atoms with E-state index in [4.69, 9.17) is 0 Å². The highest BCUT2D eigenvalue weighted by Gasteiger charge is 2.11. The van der Waals surface area contributed by atoms with Crippen LogP contribution in [-0.2, 0) is 4.74 Å². The van der Waals surface area contributed by atoms with E-state index in [0.29, 0.717) is 11.4 Å². The first-order chi connectivity index (χ1) is 7.70. The zero-order valence-corrected chi connectivity index (χ0v) is 9.02. The highest BCUT2D eigenvalue weighted by molar-refractivity contribution is 5.88. The van der Waals surface area contributed by atoms with E-state index >= 15 is 0 Å². The largest absolute Gasteiger partial charge is 0.464 e. The molecule has 0 fully saturated rings. The molecule has 0 atom stereocenters. The molecule has 2 aromatic heterocycles. The molecular weight excluding hydrogens is 206 g/mol. The van der Waals surface area contributed by atoms with E-state index in [0.717, 1.165) is 11.3 Å². The zero-order chi connectivity index (χ0) is 11.5. The Morgan fingerprint density at radius 1 is 1.38 bits per heavy atom. The Bertz CT molecular complexity index is 519. The topological polar surface area (TPSA) is 67.9 Å². The number of hydrogen-bond acceptors (Lipinski definition) is 4. The Kier molecular flexibility index (Phi) is 2.68. The van der Waals surface area contributed by atoms with Gasteiger partial charge in [0, 0.05) is 12.3 Å². The molecule has 0 aliphatic rings. The Hall–Kier alpha value is -2.17. The number of carbonyl (C=O) groups excluding carboxylic acids is 1. The molecule has 2 aromatic rings. The van der Waals surface area contributed by atoms with Crippen LogP contribution in [0, 0.1) is 6.92 Å². The summed E-state index contributed by atoms with van der Waals surface area (Å²) in [6, 6.07) is 5.42. The molecule has 2 heterocycles. The van der Waals surface area contributed by atoms with Crippen LogP contribution in [0.2, 0.25) is 0 Å². The third-order valence-corrected chi connectivity index (χ3v) is 2.16. The predicted molar refractivity (Wildman–Crippen MR) is 57.9 cm³/mol. The van der Waals surface area contributed by atoms with Crippen LogP contribution < -0.4 is 0 Å². The number of hydrogen-bond donors (Lipinski definition) is 1. The maximum Gasteiger partial charge on any atom is 0.356 e. The van der Waals surface area contributed by atoms with E-state index in [9.17, 15) is 4.79 Å². The fraction of sp³-hybridized carbons (Fsp3) is 0.182. The second-order valence-corrected chi connectivity index (χ2v) is 3.38. The summed E-state index contributed by atoms with van der Waals surface area (Å²) < 4.78 is 4.58. The van der Waals surface area contributed by atoms with Gasteiger partial charge in [-0.15, -0.1) is 0 Å². The average molecular weight is 217 g/mol. The highest BCUT2D eigenvalue weighted by atomic mass is 16.5. The Balaban J connectivity index is 2.35. The van der Waals surface area contributed by atoms with E-state index in [1.54, 1.807) is 12.3 Å². The molecular formula is C11H11N3O2. The number of esters is 1. The van der Waals surface area contributed by atoms with E-state index < -0.39 is 5.97 Å². The molecule has 0 amide bonds. The van der Waals surface area contributed by atoms with Gasteiger partial charge in [0.1, 0.15) is 11.4 Å². The van der Waals surface area contributed by atoms with Crippen LogP contribution >= 0.6 is 0 Å². The summed E-state index contributed by atoms with van der Waals surface area (Å²) in [5.74, 6) is -0.439. The maximum absolute atomic E-state index is 11.2. The quantitative estimate of drug-likeness (QED) is 0.775. The second kappa shape index (κ2) is 4.14. The van der Waals surface area contributed by atoms with Crippen LogP contribution in [-0.4, -0.2) is 28.3 Å². The van der Waals surface area contributed by atoms with Crippen molar-refractivity contribution in [3.8, 4) is 11.4 Å². The molecule has 16 heavy (non-hydrogen) atoms. The predicted octanol–water partition coefficient (Wildman–Crippen LogP) is 1.57. The number of H-pyrrole nitrogens is 1. The monoisotopic (exact) mass is 217 g/mol. The molecule has 0 radical (unpaired) electrons. The SMILES string of the molecule is COC(=O)c1cc(-c2cc(C)ccn2)n[nH]1. The van der Waals surface area contributed by atoms with Crippen LogP contribution in [0.1, 0.15) is 16.1 Å². The fourth-order valence-electron chi connectivity index (χ4n) is 1.34. The first-order valence-electron chi connectivity index (χ1n) is 4.77. The van der Waals surface area contributed by atoms with Gasteiger partial charge < -0.3 is 4.74 Å². The molecule has 0 aliphatic heterocycles. The van der Waals surface area contributed by atoms with Crippen LogP contribution in [0.25, 0.3) is 11.4 Å². The van der Waals surface area contributed by atoms with E-state index in [2.05, 4.69) is 19.9 Å². The lowest BCUT2D eigenvalue weighted by Gasteiger charge is -1.95. The van der Waals surface area contributed by atoms with Crippen molar-refractivity contribution in [3.63, 3.8) is 0 Å². The highest BCUT2D eigenvalue weighted by Crippen LogP contribution is 2.16. The van der Waals surface area contributed by atoms with Crippen molar-refractivity contribution in [2.45, 2.75) is 6.92 Å². The van der Waals surface area contributed by atoms with Gasteiger partial charge in [0.15, 0.2) is 0 Å². The lowest BCUT2D eigenvalue weighted by molar-refractivity contribution is 0.0594. The molecule has 0 spiro atoms. The number of nitrogens with zero attached hydrogens (tertiary/aromatic N) is 2. The normalized spacial score (nSPS) is 10.1. The number of aromatic amines is 1. The summed E-state index contributed by atoms with van der Waals surface area (Å²) in [4.78, 5) is 15.4. The molecule has 0 aliphatic carbocycles. The molecule has 5 nitrogen and oxygen atoms in total. The first kappa shape index (κ1) is 10.4. The molecule has 0 saturated carbocycles. The molecule has 0 unspecified atom stereocenters. The van der Waals surface area contributed by atoms with E-state index in [-0.39, 0.29) is 0 Å². The van der Waals surface area contributed by atoms with Gasteiger partial charge in [-0.2, -0.15) is 5.10 Å². The van der Waals surface area contributed by atoms with Crippen molar-refractivity contribution >= 4 is 5.97 Å². The Labute approximate surface area is 92.5 Å². The Morgan fingerprint density at radius 3 is 2.88 bits per heavy atom. The van der Waals surface area contributed by atoms with Crippen molar-refractivity contribution in [1.29, 1.82) is 0 Å². The summed E-state index contributed by atoms with van der Waals surface area (Å²) in [7, 11) is 1.33. The zero-order valence-electron chi connectivity index (χ0n) is 9.02. The lowest BCUT2D eigenvalue weighted by atomic mass is 10.2. The van der Waals surface area contributed by atoms with Crippen molar-refractivity contribution < 1.29 is 9.53 Å². The summed E-state index contributed by atoms with van der Waals surface area (Å²) in [6.07, 6.45) is 1.71. The molecule has 0 saturated heterocycles. The van der Waals surface area contributed by atoms with Gasteiger partial charge in [0.05, 0.1) is 12.8 Å². The summed E-state index contributed by atoms with van der Waals surface area (Å²) in [5.41, 5.74) is 2.77. The van der Waals surface area contributed by atoms with Crippen LogP contribution in [0.15, 0.2) is 24.4 Å². The number of rotatable bonds is 2. The lowest BCUT2D eigenvalue weighted by Crippen LogP contribution is -2.00. The van der Waals surface area contributed by atoms with Gasteiger partial charge in [-0.3, -0.25) is 10.1 Å². The van der Waals surface area contributed by atoms with Crippen molar-refractivity contribution in [2.75, 3.05) is 7.11 Å². The smallest absolute Gasteiger partial charge is 0.356 e. The van der Waals surface area contributed by atoms with E-state index in [1.165, 1.54) is 7.11 Å². The van der Waals surface area contributed by atoms with Crippen LogP contribution in [0.4, 0.5) is 0 Å². The third kappa shape index (κ3) is 1.93. The number of ether oxygens (including phenoxy) is 1. The molecule has 1 N–H and O–H groups in total. The van der Waals surface area contributed by atoms with Gasteiger partial charge in [0.25, 0.3) is 0 Å². The summed E-state index contributed by atoms with van der Waals surface area (Å²) in [6.45, 7) is 1.97.